The number of likely N-dealkylation sites (N-methyl/N-ethyl adjacent to an activating group) is 1. The summed E-state index contributed by atoms with van der Waals surface area (Å²) in [6, 6.07) is 19.6. The predicted molar refractivity (Wildman–Crippen MR) is 132 cm³/mol. The molecule has 0 fully saturated rings. The van der Waals surface area contributed by atoms with Crippen LogP contribution in [-0.4, -0.2) is 30.0 Å². The average molecular weight is 472 g/mol. The molecule has 3 aromatic carbocycles. The maximum Gasteiger partial charge on any atom is 0.147 e. The van der Waals surface area contributed by atoms with Gasteiger partial charge >= 0.3 is 0 Å². The molecule has 0 aliphatic carbocycles. The molecule has 4 nitrogen and oxygen atoms in total. The number of para-hydroxylation sites is 1. The van der Waals surface area contributed by atoms with E-state index in [1.165, 1.54) is 18.2 Å². The summed E-state index contributed by atoms with van der Waals surface area (Å²) in [5, 5.41) is 10.2. The Bertz CT molecular complexity index is 1390. The highest BCUT2D eigenvalue weighted by Gasteiger charge is 2.41. The van der Waals surface area contributed by atoms with Crippen LogP contribution in [0.5, 0.6) is 0 Å². The second-order valence-electron chi connectivity index (χ2n) is 9.24. The van der Waals surface area contributed by atoms with E-state index in [1.807, 2.05) is 30.5 Å². The lowest BCUT2D eigenvalue weighted by molar-refractivity contribution is -0.0142. The second-order valence-corrected chi connectivity index (χ2v) is 9.24. The molecule has 0 saturated heterocycles. The van der Waals surface area contributed by atoms with Crippen LogP contribution in [0.2, 0.25) is 0 Å². The smallest absolute Gasteiger partial charge is 0.147 e. The van der Waals surface area contributed by atoms with Crippen LogP contribution in [-0.2, 0) is 23.4 Å². The summed E-state index contributed by atoms with van der Waals surface area (Å²) >= 11 is 0. The topological polar surface area (TPSA) is 52.0 Å². The van der Waals surface area contributed by atoms with Crippen LogP contribution in [0.3, 0.4) is 0 Å². The number of ether oxygens (including phenoxy) is 1. The number of nitriles is 1. The number of aromatic amines is 1. The van der Waals surface area contributed by atoms with Crippen molar-refractivity contribution in [3.05, 3.63) is 106 Å². The highest BCUT2D eigenvalue weighted by molar-refractivity contribution is 5.83. The highest BCUT2D eigenvalue weighted by atomic mass is 19.1. The molecule has 1 unspecified atom stereocenters. The van der Waals surface area contributed by atoms with Crippen molar-refractivity contribution in [2.24, 2.45) is 0 Å². The lowest BCUT2D eigenvalue weighted by Gasteiger charge is -2.31. The van der Waals surface area contributed by atoms with Crippen molar-refractivity contribution in [1.29, 1.82) is 5.26 Å². The van der Waals surface area contributed by atoms with Gasteiger partial charge in [0, 0.05) is 18.1 Å². The van der Waals surface area contributed by atoms with Gasteiger partial charge in [-0.2, -0.15) is 5.26 Å². The number of nitrogens with zero attached hydrogens (tertiary/aromatic N) is 2. The van der Waals surface area contributed by atoms with E-state index in [0.29, 0.717) is 17.7 Å². The SMILES string of the molecule is CN(CCCC1(c2ccc(F)cc2)OCc2cc(C#N)ccc21)CCc1c[nH]c2c(F)cccc12. The summed E-state index contributed by atoms with van der Waals surface area (Å²) in [5.74, 6) is -0.509. The van der Waals surface area contributed by atoms with Crippen LogP contribution in [0.25, 0.3) is 10.9 Å². The molecule has 0 radical (unpaired) electrons. The summed E-state index contributed by atoms with van der Waals surface area (Å²) < 4.78 is 34.0. The van der Waals surface area contributed by atoms with E-state index in [2.05, 4.69) is 23.0 Å². The van der Waals surface area contributed by atoms with Gasteiger partial charge in [-0.1, -0.05) is 30.3 Å². The quantitative estimate of drug-likeness (QED) is 0.341. The number of fused-ring (bicyclic) bond motifs is 2. The lowest BCUT2D eigenvalue weighted by Crippen LogP contribution is -2.30. The molecule has 2 heterocycles. The summed E-state index contributed by atoms with van der Waals surface area (Å²) in [4.78, 5) is 5.32. The van der Waals surface area contributed by atoms with Crippen molar-refractivity contribution in [3.8, 4) is 6.07 Å². The van der Waals surface area contributed by atoms with E-state index in [0.717, 1.165) is 60.0 Å². The molecule has 1 aromatic heterocycles. The third-order valence-corrected chi connectivity index (χ3v) is 7.04. The van der Waals surface area contributed by atoms with E-state index in [1.54, 1.807) is 18.2 Å². The number of nitrogens with one attached hydrogen (secondary N) is 1. The maximum atomic E-state index is 14.0. The molecule has 4 aromatic rings. The monoisotopic (exact) mass is 471 g/mol. The summed E-state index contributed by atoms with van der Waals surface area (Å²) in [6.07, 6.45) is 4.32. The number of hydrogen-bond donors (Lipinski definition) is 1. The first-order chi connectivity index (χ1) is 17.0. The molecule has 5 rings (SSSR count). The first-order valence-corrected chi connectivity index (χ1v) is 11.9. The Hall–Kier alpha value is -3.53. The van der Waals surface area contributed by atoms with Crippen LogP contribution >= 0.6 is 0 Å². The first-order valence-electron chi connectivity index (χ1n) is 11.9. The van der Waals surface area contributed by atoms with Gasteiger partial charge in [-0.15, -0.1) is 0 Å². The van der Waals surface area contributed by atoms with Crippen molar-refractivity contribution in [1.82, 2.24) is 9.88 Å². The van der Waals surface area contributed by atoms with E-state index in [4.69, 9.17) is 4.74 Å². The number of benzene rings is 3. The summed E-state index contributed by atoms with van der Waals surface area (Å²) in [7, 11) is 2.09. The number of hydrogen-bond acceptors (Lipinski definition) is 3. The Balaban J connectivity index is 1.28. The Morgan fingerprint density at radius 3 is 2.71 bits per heavy atom. The van der Waals surface area contributed by atoms with E-state index in [-0.39, 0.29) is 11.6 Å². The molecule has 1 N–H and O–H groups in total. The van der Waals surface area contributed by atoms with E-state index in [9.17, 15) is 14.0 Å². The molecule has 35 heavy (non-hydrogen) atoms. The lowest BCUT2D eigenvalue weighted by atomic mass is 9.81. The molecule has 0 bridgehead atoms. The van der Waals surface area contributed by atoms with Crippen molar-refractivity contribution < 1.29 is 13.5 Å². The standard InChI is InChI=1S/C29H27F2N3O/c1-34(15-12-21-18-33-28-25(21)4-2-5-27(28)31)14-3-13-29(23-7-9-24(30)10-8-23)26-11-6-20(17-32)16-22(26)19-35-29/h2,4-11,16,18,33H,3,12-15,19H2,1H3. The summed E-state index contributed by atoms with van der Waals surface area (Å²) in [6.45, 7) is 2.12. The van der Waals surface area contributed by atoms with Crippen molar-refractivity contribution in [2.75, 3.05) is 20.1 Å². The molecule has 178 valence electrons. The molecule has 1 aliphatic heterocycles. The number of rotatable bonds is 8. The minimum atomic E-state index is -0.660. The zero-order valence-electron chi connectivity index (χ0n) is 19.7. The van der Waals surface area contributed by atoms with E-state index < -0.39 is 5.60 Å². The van der Waals surface area contributed by atoms with Crippen molar-refractivity contribution in [2.45, 2.75) is 31.5 Å². The average Bonchev–Trinajstić information content (AvgIpc) is 3.46. The van der Waals surface area contributed by atoms with Crippen LogP contribution in [0.4, 0.5) is 8.78 Å². The van der Waals surface area contributed by atoms with Gasteiger partial charge in [0.1, 0.15) is 17.2 Å². The number of aromatic nitrogens is 1. The van der Waals surface area contributed by atoms with Crippen LogP contribution in [0.1, 0.15) is 40.7 Å². The van der Waals surface area contributed by atoms with Gasteiger partial charge in [0.15, 0.2) is 0 Å². The molecule has 1 atom stereocenters. The highest BCUT2D eigenvalue weighted by Crippen LogP contribution is 2.45. The van der Waals surface area contributed by atoms with Crippen LogP contribution < -0.4 is 0 Å². The Morgan fingerprint density at radius 1 is 1.09 bits per heavy atom. The number of halogens is 2. The first kappa shape index (κ1) is 23.2. The van der Waals surface area contributed by atoms with Crippen LogP contribution in [0.15, 0.2) is 66.9 Å². The zero-order chi connectivity index (χ0) is 24.4. The summed E-state index contributed by atoms with van der Waals surface area (Å²) in [5.41, 5.74) is 4.59. The van der Waals surface area contributed by atoms with Gasteiger partial charge in [0.05, 0.1) is 23.8 Å². The van der Waals surface area contributed by atoms with Gasteiger partial charge in [-0.25, -0.2) is 8.78 Å². The minimum absolute atomic E-state index is 0.230. The molecule has 1 aliphatic rings. The van der Waals surface area contributed by atoms with Crippen molar-refractivity contribution in [3.63, 3.8) is 0 Å². The fourth-order valence-corrected chi connectivity index (χ4v) is 5.17. The Kier molecular flexibility index (Phi) is 6.38. The van der Waals surface area contributed by atoms with Gasteiger partial charge in [-0.05, 0) is 85.4 Å². The second kappa shape index (κ2) is 9.61. The fraction of sp³-hybridized carbons (Fsp3) is 0.276. The number of H-pyrrole nitrogens is 1. The molecular formula is C29H27F2N3O. The molecule has 0 spiro atoms. The van der Waals surface area contributed by atoms with Crippen LogP contribution in [0, 0.1) is 23.0 Å². The maximum absolute atomic E-state index is 14.0. The third kappa shape index (κ3) is 4.45. The van der Waals surface area contributed by atoms with Gasteiger partial charge in [0.25, 0.3) is 0 Å². The third-order valence-electron chi connectivity index (χ3n) is 7.04. The normalized spacial score (nSPS) is 17.1. The molecule has 0 saturated carbocycles. The minimum Gasteiger partial charge on any atom is -0.361 e. The predicted octanol–water partition coefficient (Wildman–Crippen LogP) is 6.05. The van der Waals surface area contributed by atoms with Gasteiger partial charge in [-0.3, -0.25) is 0 Å². The molecular weight excluding hydrogens is 444 g/mol. The molecule has 0 amide bonds. The van der Waals surface area contributed by atoms with Gasteiger partial charge < -0.3 is 14.6 Å². The largest absolute Gasteiger partial charge is 0.361 e. The zero-order valence-corrected chi connectivity index (χ0v) is 19.7. The fourth-order valence-electron chi connectivity index (χ4n) is 5.17. The van der Waals surface area contributed by atoms with E-state index >= 15 is 0 Å². The Morgan fingerprint density at radius 2 is 1.91 bits per heavy atom. The molecule has 6 heteroatoms. The van der Waals surface area contributed by atoms with Crippen molar-refractivity contribution >= 4 is 10.9 Å². The Labute approximate surface area is 203 Å². The van der Waals surface area contributed by atoms with Gasteiger partial charge in [0.2, 0.25) is 0 Å².